The Labute approximate surface area is 177 Å². The van der Waals surface area contributed by atoms with Gasteiger partial charge in [-0.2, -0.15) is 0 Å². The summed E-state index contributed by atoms with van der Waals surface area (Å²) < 4.78 is 7.62. The van der Waals surface area contributed by atoms with Gasteiger partial charge in [-0.15, -0.1) is 10.2 Å². The van der Waals surface area contributed by atoms with E-state index in [0.717, 1.165) is 11.3 Å². The summed E-state index contributed by atoms with van der Waals surface area (Å²) in [7, 11) is 1.84. The van der Waals surface area contributed by atoms with Crippen LogP contribution >= 0.6 is 35.0 Å². The maximum Gasteiger partial charge on any atom is 0.234 e. The van der Waals surface area contributed by atoms with Gasteiger partial charge in [0.15, 0.2) is 11.0 Å². The van der Waals surface area contributed by atoms with E-state index in [1.807, 2.05) is 42.8 Å². The molecule has 0 radical (unpaired) electrons. The number of nitrogens with one attached hydrogen (secondary N) is 1. The second-order valence-corrected chi connectivity index (χ2v) is 7.68. The van der Waals surface area contributed by atoms with Gasteiger partial charge in [0.2, 0.25) is 5.91 Å². The first-order valence-electron chi connectivity index (χ1n) is 8.39. The van der Waals surface area contributed by atoms with Crippen LogP contribution in [0.3, 0.4) is 0 Å². The quantitative estimate of drug-likeness (QED) is 0.541. The van der Waals surface area contributed by atoms with Gasteiger partial charge in [-0.3, -0.25) is 4.79 Å². The second kappa shape index (κ2) is 9.32. The monoisotopic (exact) mass is 436 g/mol. The Balaban J connectivity index is 1.56. The number of halogens is 2. The van der Waals surface area contributed by atoms with E-state index in [1.165, 1.54) is 11.8 Å². The summed E-state index contributed by atoms with van der Waals surface area (Å²) in [5.41, 5.74) is 1.53. The standard InChI is InChI=1S/C19H18Cl2N4O2S/c1-12-6-3-4-9-15(12)27-10-16-23-24-19(25(16)2)28-11-17(26)22-14-8-5-7-13(20)18(14)21/h3-9H,10-11H2,1-2H3,(H,22,26). The van der Waals surface area contributed by atoms with E-state index < -0.39 is 0 Å². The van der Waals surface area contributed by atoms with Crippen LogP contribution in [0.2, 0.25) is 10.0 Å². The Morgan fingerprint density at radius 3 is 2.75 bits per heavy atom. The van der Waals surface area contributed by atoms with E-state index in [1.54, 1.807) is 18.2 Å². The molecule has 0 spiro atoms. The number of benzene rings is 2. The molecule has 28 heavy (non-hydrogen) atoms. The number of para-hydroxylation sites is 1. The van der Waals surface area contributed by atoms with E-state index in [2.05, 4.69) is 15.5 Å². The lowest BCUT2D eigenvalue weighted by molar-refractivity contribution is -0.113. The van der Waals surface area contributed by atoms with Crippen molar-refractivity contribution in [3.8, 4) is 5.75 Å². The average Bonchev–Trinajstić information content (AvgIpc) is 3.03. The molecule has 3 rings (SSSR count). The Morgan fingerprint density at radius 2 is 1.96 bits per heavy atom. The zero-order valence-corrected chi connectivity index (χ0v) is 17.6. The number of aryl methyl sites for hydroxylation is 1. The van der Waals surface area contributed by atoms with E-state index in [0.29, 0.717) is 33.3 Å². The Hall–Kier alpha value is -2.22. The van der Waals surface area contributed by atoms with E-state index in [9.17, 15) is 4.79 Å². The van der Waals surface area contributed by atoms with Gasteiger partial charge in [0.05, 0.1) is 21.5 Å². The van der Waals surface area contributed by atoms with Crippen molar-refractivity contribution < 1.29 is 9.53 Å². The Morgan fingerprint density at radius 1 is 1.18 bits per heavy atom. The van der Waals surface area contributed by atoms with Crippen molar-refractivity contribution in [3.63, 3.8) is 0 Å². The largest absolute Gasteiger partial charge is 0.485 e. The Bertz CT molecular complexity index is 994. The minimum Gasteiger partial charge on any atom is -0.485 e. The summed E-state index contributed by atoms with van der Waals surface area (Å²) in [5.74, 6) is 1.42. The average molecular weight is 437 g/mol. The van der Waals surface area contributed by atoms with Crippen LogP contribution in [0.15, 0.2) is 47.6 Å². The van der Waals surface area contributed by atoms with E-state index in [-0.39, 0.29) is 11.7 Å². The predicted octanol–water partition coefficient (Wildman–Crippen LogP) is 4.74. The SMILES string of the molecule is Cc1ccccc1OCc1nnc(SCC(=O)Nc2cccc(Cl)c2Cl)n1C. The third-order valence-electron chi connectivity index (χ3n) is 3.93. The lowest BCUT2D eigenvalue weighted by Crippen LogP contribution is -2.15. The van der Waals surface area contributed by atoms with Gasteiger partial charge in [0, 0.05) is 7.05 Å². The number of thioether (sulfide) groups is 1. The number of amides is 1. The second-order valence-electron chi connectivity index (χ2n) is 5.95. The molecular formula is C19H18Cl2N4O2S. The first kappa shape index (κ1) is 20.5. The number of hydrogen-bond acceptors (Lipinski definition) is 5. The van der Waals surface area contributed by atoms with E-state index in [4.69, 9.17) is 27.9 Å². The van der Waals surface area contributed by atoms with Crippen LogP contribution in [-0.2, 0) is 18.4 Å². The molecule has 9 heteroatoms. The number of carbonyl (C=O) groups excluding carboxylic acids is 1. The summed E-state index contributed by atoms with van der Waals surface area (Å²) in [6.07, 6.45) is 0. The number of nitrogens with zero attached hydrogens (tertiary/aromatic N) is 3. The van der Waals surface area contributed by atoms with Gasteiger partial charge in [-0.1, -0.05) is 59.2 Å². The molecule has 0 saturated carbocycles. The number of aromatic nitrogens is 3. The fourth-order valence-electron chi connectivity index (χ4n) is 2.37. The van der Waals surface area contributed by atoms with Crippen LogP contribution in [0.1, 0.15) is 11.4 Å². The molecule has 1 amide bonds. The number of anilines is 1. The summed E-state index contributed by atoms with van der Waals surface area (Å²) in [4.78, 5) is 12.2. The van der Waals surface area contributed by atoms with Crippen LogP contribution in [0.4, 0.5) is 5.69 Å². The molecule has 6 nitrogen and oxygen atoms in total. The van der Waals surface area contributed by atoms with Gasteiger partial charge in [-0.05, 0) is 30.7 Å². The molecule has 0 aliphatic carbocycles. The van der Waals surface area contributed by atoms with Gasteiger partial charge < -0.3 is 14.6 Å². The fraction of sp³-hybridized carbons (Fsp3) is 0.211. The molecular weight excluding hydrogens is 419 g/mol. The highest BCUT2D eigenvalue weighted by Gasteiger charge is 2.14. The highest BCUT2D eigenvalue weighted by molar-refractivity contribution is 7.99. The van der Waals surface area contributed by atoms with Crippen LogP contribution < -0.4 is 10.1 Å². The highest BCUT2D eigenvalue weighted by atomic mass is 35.5. The number of carbonyl (C=O) groups is 1. The zero-order valence-electron chi connectivity index (χ0n) is 15.3. The summed E-state index contributed by atoms with van der Waals surface area (Å²) in [6.45, 7) is 2.28. The van der Waals surface area contributed by atoms with Crippen molar-refractivity contribution in [3.05, 3.63) is 63.9 Å². The summed E-state index contributed by atoms with van der Waals surface area (Å²) >= 11 is 13.3. The zero-order chi connectivity index (χ0) is 20.1. The molecule has 0 fully saturated rings. The fourth-order valence-corrected chi connectivity index (χ4v) is 3.45. The lowest BCUT2D eigenvalue weighted by atomic mass is 10.2. The lowest BCUT2D eigenvalue weighted by Gasteiger charge is -2.09. The minimum atomic E-state index is -0.213. The van der Waals surface area contributed by atoms with Crippen molar-refractivity contribution in [1.29, 1.82) is 0 Å². The van der Waals surface area contributed by atoms with Crippen molar-refractivity contribution in [2.75, 3.05) is 11.1 Å². The van der Waals surface area contributed by atoms with Crippen LogP contribution in [0.5, 0.6) is 5.75 Å². The molecule has 1 N–H and O–H groups in total. The smallest absolute Gasteiger partial charge is 0.234 e. The molecule has 0 unspecified atom stereocenters. The number of rotatable bonds is 7. The van der Waals surface area contributed by atoms with Gasteiger partial charge in [0.1, 0.15) is 12.4 Å². The van der Waals surface area contributed by atoms with Gasteiger partial charge in [-0.25, -0.2) is 0 Å². The minimum absolute atomic E-state index is 0.160. The number of ether oxygens (including phenoxy) is 1. The molecule has 0 aliphatic rings. The molecule has 0 atom stereocenters. The topological polar surface area (TPSA) is 69.0 Å². The molecule has 1 aromatic heterocycles. The first-order chi connectivity index (χ1) is 13.5. The maximum absolute atomic E-state index is 12.2. The van der Waals surface area contributed by atoms with Crippen molar-refractivity contribution in [2.45, 2.75) is 18.7 Å². The third kappa shape index (κ3) is 4.98. The molecule has 0 bridgehead atoms. The van der Waals surface area contributed by atoms with Crippen LogP contribution in [0, 0.1) is 6.92 Å². The normalized spacial score (nSPS) is 10.7. The van der Waals surface area contributed by atoms with Gasteiger partial charge >= 0.3 is 0 Å². The highest BCUT2D eigenvalue weighted by Crippen LogP contribution is 2.29. The third-order valence-corrected chi connectivity index (χ3v) is 5.77. The van der Waals surface area contributed by atoms with E-state index >= 15 is 0 Å². The first-order valence-corrected chi connectivity index (χ1v) is 10.1. The van der Waals surface area contributed by atoms with Crippen molar-refractivity contribution in [2.24, 2.45) is 7.05 Å². The predicted molar refractivity (Wildman–Crippen MR) is 112 cm³/mol. The molecule has 146 valence electrons. The van der Waals surface area contributed by atoms with Crippen molar-refractivity contribution in [1.82, 2.24) is 14.8 Å². The molecule has 0 aliphatic heterocycles. The molecule has 0 saturated heterocycles. The number of hydrogen-bond donors (Lipinski definition) is 1. The molecule has 3 aromatic rings. The van der Waals surface area contributed by atoms with Crippen LogP contribution in [0.25, 0.3) is 0 Å². The van der Waals surface area contributed by atoms with Crippen molar-refractivity contribution >= 4 is 46.6 Å². The Kier molecular flexibility index (Phi) is 6.83. The van der Waals surface area contributed by atoms with Crippen LogP contribution in [-0.4, -0.2) is 26.4 Å². The molecule has 1 heterocycles. The summed E-state index contributed by atoms with van der Waals surface area (Å²) in [6, 6.07) is 12.9. The summed E-state index contributed by atoms with van der Waals surface area (Å²) in [5, 5.41) is 12.3. The van der Waals surface area contributed by atoms with Gasteiger partial charge in [0.25, 0.3) is 0 Å². The maximum atomic E-state index is 12.2. The molecule has 2 aromatic carbocycles.